The van der Waals surface area contributed by atoms with Crippen LogP contribution in [0.3, 0.4) is 0 Å². The van der Waals surface area contributed by atoms with E-state index in [-0.39, 0.29) is 8.31 Å². The Hall–Kier alpha value is 0.651. The zero-order valence-electron chi connectivity index (χ0n) is 5.78. The van der Waals surface area contributed by atoms with Gasteiger partial charge >= 0.3 is 0 Å². The van der Waals surface area contributed by atoms with E-state index in [0.717, 1.165) is 14.1 Å². The van der Waals surface area contributed by atoms with Crippen molar-refractivity contribution in [3.05, 3.63) is 0 Å². The average Bonchev–Trinajstić information content (AvgIpc) is 1.84. The molecule has 0 aromatic heterocycles. The van der Waals surface area contributed by atoms with Crippen molar-refractivity contribution in [1.29, 1.82) is 0 Å². The molecule has 0 aromatic carbocycles. The van der Waals surface area contributed by atoms with E-state index in [9.17, 15) is 0 Å². The maximum atomic E-state index is 3.57. The van der Waals surface area contributed by atoms with Crippen LogP contribution in [0.5, 0.6) is 0 Å². The molecule has 0 aliphatic rings. The van der Waals surface area contributed by atoms with Crippen molar-refractivity contribution in [3.8, 4) is 0 Å². The van der Waals surface area contributed by atoms with E-state index in [4.69, 9.17) is 0 Å². The summed E-state index contributed by atoms with van der Waals surface area (Å²) in [7, 11) is 4.58. The predicted molar refractivity (Wildman–Crippen MR) is 42.8 cm³/mol. The molecule has 0 spiro atoms. The first-order chi connectivity index (χ1) is 3.72. The highest BCUT2D eigenvalue weighted by Gasteiger charge is 2.08. The van der Waals surface area contributed by atoms with Gasteiger partial charge in [0.25, 0.3) is 0 Å². The maximum Gasteiger partial charge on any atom is 0.0300 e. The third-order valence-corrected chi connectivity index (χ3v) is 10.0. The minimum absolute atomic E-state index is 0.0162. The predicted octanol–water partition coefficient (Wildman–Crippen LogP) is 1.20. The Bertz CT molecular complexity index is 47.6. The Kier molecular flexibility index (Phi) is 4.89. The summed E-state index contributed by atoms with van der Waals surface area (Å²) in [5.74, 6) is 0. The molecule has 44 valence electrons. The van der Waals surface area contributed by atoms with Gasteiger partial charge in [-0.25, -0.2) is 0 Å². The number of hydrogen-bond acceptors (Lipinski definition) is 0. The van der Waals surface area contributed by atoms with Gasteiger partial charge in [-0.15, -0.1) is 0 Å². The normalized spacial score (nSPS) is 14.6. The molecule has 3 heteroatoms. The van der Waals surface area contributed by atoms with Crippen molar-refractivity contribution in [3.63, 3.8) is 0 Å². The van der Waals surface area contributed by atoms with Gasteiger partial charge in [0.2, 0.25) is 0 Å². The summed E-state index contributed by atoms with van der Waals surface area (Å²) in [5.41, 5.74) is 0.982. The molecule has 0 bridgehead atoms. The second kappa shape index (κ2) is 4.52. The molecule has 8 heavy (non-hydrogen) atoms. The van der Waals surface area contributed by atoms with E-state index in [1.807, 2.05) is 0 Å². The molecule has 1 atom stereocenters. The second-order valence-electron chi connectivity index (χ2n) is 2.12. The van der Waals surface area contributed by atoms with E-state index in [1.54, 1.807) is 0 Å². The molecular formula is C5H12Si3. The first-order valence-electron chi connectivity index (χ1n) is 2.98. The molecule has 0 saturated heterocycles. The summed E-state index contributed by atoms with van der Waals surface area (Å²) in [6.45, 7) is 7.01. The first kappa shape index (κ1) is 8.65. The molecule has 0 aliphatic heterocycles. The van der Waals surface area contributed by atoms with Crippen molar-refractivity contribution in [2.75, 3.05) is 0 Å². The van der Waals surface area contributed by atoms with E-state index >= 15 is 0 Å². The monoisotopic (exact) mass is 156 g/mol. The summed E-state index contributed by atoms with van der Waals surface area (Å²) in [4.78, 5) is 0. The topological polar surface area (TPSA) is 0 Å². The minimum Gasteiger partial charge on any atom is -0.0736 e. The van der Waals surface area contributed by atoms with Gasteiger partial charge in [0.1, 0.15) is 0 Å². The SMILES string of the molecule is CCC(C)[Si](C)[Si][Si]. The van der Waals surface area contributed by atoms with Crippen LogP contribution in [0.15, 0.2) is 0 Å². The van der Waals surface area contributed by atoms with E-state index in [1.165, 1.54) is 6.42 Å². The standard InChI is InChI=1S/C5H12Si3/c1-4-5(2)8(3)7-6/h5H,4H2,1-3H3. The third-order valence-electron chi connectivity index (χ3n) is 1.55. The van der Waals surface area contributed by atoms with Crippen LogP contribution in [-0.2, 0) is 0 Å². The Morgan fingerprint density at radius 3 is 2.38 bits per heavy atom. The van der Waals surface area contributed by atoms with Gasteiger partial charge in [0.15, 0.2) is 0 Å². The Balaban J connectivity index is 3.29. The van der Waals surface area contributed by atoms with Crippen LogP contribution in [0.25, 0.3) is 0 Å². The highest BCUT2D eigenvalue weighted by Crippen LogP contribution is 2.10. The van der Waals surface area contributed by atoms with Gasteiger partial charge in [-0.1, -0.05) is 32.4 Å². The fourth-order valence-corrected chi connectivity index (χ4v) is 4.86. The van der Waals surface area contributed by atoms with Crippen molar-refractivity contribution in [2.45, 2.75) is 32.4 Å². The molecule has 0 rings (SSSR count). The summed E-state index contributed by atoms with van der Waals surface area (Å²) in [6, 6.07) is 0. The van der Waals surface area contributed by atoms with Crippen molar-refractivity contribution in [2.24, 2.45) is 0 Å². The van der Waals surface area contributed by atoms with Gasteiger partial charge in [-0.2, -0.15) is 0 Å². The largest absolute Gasteiger partial charge is 0.0736 e. The Morgan fingerprint density at radius 2 is 2.25 bits per heavy atom. The van der Waals surface area contributed by atoms with Crippen LogP contribution in [0, 0.1) is 0 Å². The third kappa shape index (κ3) is 2.84. The van der Waals surface area contributed by atoms with Crippen molar-refractivity contribution >= 4 is 26.6 Å². The zero-order valence-corrected chi connectivity index (χ0v) is 8.78. The molecule has 0 aromatic rings. The van der Waals surface area contributed by atoms with Gasteiger partial charge in [-0.05, 0) is 0 Å². The summed E-state index contributed by atoms with van der Waals surface area (Å²) in [5, 5.41) is 0. The smallest absolute Gasteiger partial charge is 0.0300 e. The first-order valence-corrected chi connectivity index (χ1v) is 8.56. The summed E-state index contributed by atoms with van der Waals surface area (Å²) >= 11 is 0. The fraction of sp³-hybridized carbons (Fsp3) is 1.00. The summed E-state index contributed by atoms with van der Waals surface area (Å²) in [6.07, 6.45) is 1.35. The van der Waals surface area contributed by atoms with E-state index < -0.39 is 0 Å². The molecule has 0 aliphatic carbocycles. The van der Waals surface area contributed by atoms with E-state index in [2.05, 4.69) is 30.2 Å². The molecular weight excluding hydrogens is 144 g/mol. The lowest BCUT2D eigenvalue weighted by molar-refractivity contribution is 0.867. The van der Waals surface area contributed by atoms with Gasteiger partial charge in [0.05, 0.1) is 0 Å². The van der Waals surface area contributed by atoms with Crippen LogP contribution in [0.4, 0.5) is 0 Å². The average molecular weight is 156 g/mol. The van der Waals surface area contributed by atoms with Crippen LogP contribution < -0.4 is 0 Å². The second-order valence-corrected chi connectivity index (χ2v) is 10.1. The highest BCUT2D eigenvalue weighted by atomic mass is 29.5. The van der Waals surface area contributed by atoms with Gasteiger partial charge in [0, 0.05) is 26.6 Å². The van der Waals surface area contributed by atoms with Crippen LogP contribution in [0.2, 0.25) is 12.1 Å². The molecule has 6 radical (unpaired) electrons. The molecule has 0 amide bonds. The van der Waals surface area contributed by atoms with Gasteiger partial charge in [-0.3, -0.25) is 0 Å². The molecule has 1 unspecified atom stereocenters. The molecule has 0 saturated carbocycles. The van der Waals surface area contributed by atoms with Crippen molar-refractivity contribution in [1.82, 2.24) is 0 Å². The van der Waals surface area contributed by atoms with Crippen LogP contribution in [-0.4, -0.2) is 26.6 Å². The maximum absolute atomic E-state index is 3.57. The fourth-order valence-electron chi connectivity index (χ4n) is 0.429. The lowest BCUT2D eigenvalue weighted by Crippen LogP contribution is -2.22. The number of rotatable bonds is 3. The highest BCUT2D eigenvalue weighted by molar-refractivity contribution is 7.31. The zero-order chi connectivity index (χ0) is 6.57. The molecule has 0 heterocycles. The molecule has 0 nitrogen and oxygen atoms in total. The Morgan fingerprint density at radius 1 is 1.75 bits per heavy atom. The van der Waals surface area contributed by atoms with Crippen LogP contribution in [0.1, 0.15) is 20.3 Å². The van der Waals surface area contributed by atoms with Crippen LogP contribution >= 0.6 is 0 Å². The van der Waals surface area contributed by atoms with Crippen molar-refractivity contribution < 1.29 is 0 Å². The van der Waals surface area contributed by atoms with Gasteiger partial charge < -0.3 is 0 Å². The summed E-state index contributed by atoms with van der Waals surface area (Å²) < 4.78 is 0. The lowest BCUT2D eigenvalue weighted by Gasteiger charge is -2.12. The lowest BCUT2D eigenvalue weighted by atomic mass is 10.4. The molecule has 0 N–H and O–H groups in total. The Labute approximate surface area is 59.5 Å². The number of hydrogen-bond donors (Lipinski definition) is 0. The quantitative estimate of drug-likeness (QED) is 0.539. The molecule has 0 fully saturated rings. The minimum atomic E-state index is -0.0162. The van der Waals surface area contributed by atoms with E-state index in [0.29, 0.717) is 0 Å².